The summed E-state index contributed by atoms with van der Waals surface area (Å²) in [5, 5.41) is 3.28. The number of hydrogen-bond acceptors (Lipinski definition) is 3. The van der Waals surface area contributed by atoms with Crippen molar-refractivity contribution in [3.05, 3.63) is 22.2 Å². The Labute approximate surface area is 124 Å². The fraction of sp³-hybridized carbons (Fsp3) is 0.429. The van der Waals surface area contributed by atoms with Crippen LogP contribution in [0.1, 0.15) is 42.5 Å². The monoisotopic (exact) mass is 339 g/mol. The molecule has 0 aromatic heterocycles. The summed E-state index contributed by atoms with van der Waals surface area (Å²) < 4.78 is 0.909. The summed E-state index contributed by atoms with van der Waals surface area (Å²) in [5.74, 6) is -0.966. The number of hydrogen-bond donors (Lipinski definition) is 1. The zero-order valence-corrected chi connectivity index (χ0v) is 12.8. The van der Waals surface area contributed by atoms with Crippen molar-refractivity contribution >= 4 is 45.1 Å². The molecule has 0 atom stereocenters. The SMILES string of the molecule is O=C1Nc2cc(SC3CCCCC3)c(Br)cc2C1=O. The predicted molar refractivity (Wildman–Crippen MR) is 79.8 cm³/mol. The fourth-order valence-corrected chi connectivity index (χ4v) is 4.51. The molecule has 1 fully saturated rings. The van der Waals surface area contributed by atoms with E-state index in [0.29, 0.717) is 16.5 Å². The van der Waals surface area contributed by atoms with Gasteiger partial charge in [0.2, 0.25) is 0 Å². The number of carbonyl (C=O) groups is 2. The van der Waals surface area contributed by atoms with Gasteiger partial charge in [-0.1, -0.05) is 19.3 Å². The number of rotatable bonds is 2. The summed E-state index contributed by atoms with van der Waals surface area (Å²) in [6.45, 7) is 0. The molecule has 0 spiro atoms. The van der Waals surface area contributed by atoms with Crippen molar-refractivity contribution in [2.24, 2.45) is 0 Å². The van der Waals surface area contributed by atoms with E-state index in [-0.39, 0.29) is 0 Å². The first kappa shape index (κ1) is 13.2. The van der Waals surface area contributed by atoms with E-state index in [4.69, 9.17) is 0 Å². The summed E-state index contributed by atoms with van der Waals surface area (Å²) >= 11 is 5.36. The number of benzene rings is 1. The minimum absolute atomic E-state index is 0.440. The number of carbonyl (C=O) groups excluding carboxylic acids is 2. The Morgan fingerprint density at radius 1 is 1.16 bits per heavy atom. The van der Waals surface area contributed by atoms with Gasteiger partial charge in [0, 0.05) is 14.6 Å². The van der Waals surface area contributed by atoms with Crippen LogP contribution in [-0.4, -0.2) is 16.9 Å². The molecule has 1 amide bonds. The lowest BCUT2D eigenvalue weighted by Crippen LogP contribution is -2.12. The van der Waals surface area contributed by atoms with Crippen molar-refractivity contribution in [2.45, 2.75) is 42.2 Å². The summed E-state index contributed by atoms with van der Waals surface area (Å²) in [7, 11) is 0. The van der Waals surface area contributed by atoms with Crippen LogP contribution < -0.4 is 5.32 Å². The summed E-state index contributed by atoms with van der Waals surface area (Å²) in [4.78, 5) is 24.1. The summed E-state index contributed by atoms with van der Waals surface area (Å²) in [6.07, 6.45) is 6.44. The summed E-state index contributed by atoms with van der Waals surface area (Å²) in [5.41, 5.74) is 1.13. The molecule has 0 radical (unpaired) electrons. The molecule has 0 saturated heterocycles. The van der Waals surface area contributed by atoms with Gasteiger partial charge in [0.1, 0.15) is 0 Å². The molecule has 19 heavy (non-hydrogen) atoms. The van der Waals surface area contributed by atoms with Crippen LogP contribution in [0.15, 0.2) is 21.5 Å². The normalized spacial score (nSPS) is 19.4. The molecule has 1 aliphatic heterocycles. The summed E-state index contributed by atoms with van der Waals surface area (Å²) in [6, 6.07) is 3.68. The molecule has 1 aromatic carbocycles. The van der Waals surface area contributed by atoms with Crippen LogP contribution in [0.4, 0.5) is 5.69 Å². The van der Waals surface area contributed by atoms with Crippen LogP contribution in [0.5, 0.6) is 0 Å². The number of nitrogens with one attached hydrogen (secondary N) is 1. The Bertz CT molecular complexity index is 553. The van der Waals surface area contributed by atoms with E-state index >= 15 is 0 Å². The predicted octanol–water partition coefficient (Wildman–Crippen LogP) is 4.01. The van der Waals surface area contributed by atoms with Crippen molar-refractivity contribution < 1.29 is 9.59 Å². The van der Waals surface area contributed by atoms with Gasteiger partial charge in [-0.05, 0) is 40.9 Å². The third-order valence-corrected chi connectivity index (χ3v) is 5.93. The Morgan fingerprint density at radius 3 is 2.63 bits per heavy atom. The Hall–Kier alpha value is -0.810. The number of Topliss-reactive ketones (excluding diaryl/α,β-unsaturated/α-hetero) is 1. The van der Waals surface area contributed by atoms with Crippen LogP contribution >= 0.6 is 27.7 Å². The van der Waals surface area contributed by atoms with Crippen molar-refractivity contribution in [3.63, 3.8) is 0 Å². The second-order valence-corrected chi connectivity index (χ2v) is 7.19. The van der Waals surface area contributed by atoms with E-state index in [1.165, 1.54) is 32.1 Å². The highest BCUT2D eigenvalue weighted by molar-refractivity contribution is 9.10. The van der Waals surface area contributed by atoms with Gasteiger partial charge in [0.05, 0.1) is 11.3 Å². The van der Waals surface area contributed by atoms with Gasteiger partial charge in [-0.2, -0.15) is 0 Å². The quantitative estimate of drug-likeness (QED) is 0.828. The Morgan fingerprint density at radius 2 is 1.89 bits per heavy atom. The van der Waals surface area contributed by atoms with Gasteiger partial charge < -0.3 is 5.32 Å². The van der Waals surface area contributed by atoms with E-state index in [9.17, 15) is 9.59 Å². The van der Waals surface area contributed by atoms with Crippen LogP contribution in [0.3, 0.4) is 0 Å². The third kappa shape index (κ3) is 2.58. The average molecular weight is 340 g/mol. The van der Waals surface area contributed by atoms with E-state index in [1.807, 2.05) is 17.8 Å². The average Bonchev–Trinajstić information content (AvgIpc) is 2.67. The first-order valence-corrected chi connectivity index (χ1v) is 8.18. The lowest BCUT2D eigenvalue weighted by molar-refractivity contribution is -0.112. The smallest absolute Gasteiger partial charge is 0.296 e. The zero-order chi connectivity index (χ0) is 13.4. The zero-order valence-electron chi connectivity index (χ0n) is 10.4. The molecular formula is C14H14BrNO2S. The first-order valence-electron chi connectivity index (χ1n) is 6.51. The fourth-order valence-electron chi connectivity index (χ4n) is 2.60. The lowest BCUT2D eigenvalue weighted by atomic mass is 10.0. The Balaban J connectivity index is 1.85. The maximum Gasteiger partial charge on any atom is 0.296 e. The molecule has 3 nitrogen and oxygen atoms in total. The third-order valence-electron chi connectivity index (χ3n) is 3.62. The highest BCUT2D eigenvalue weighted by Gasteiger charge is 2.29. The van der Waals surface area contributed by atoms with Crippen LogP contribution in [-0.2, 0) is 4.79 Å². The second kappa shape index (κ2) is 5.29. The van der Waals surface area contributed by atoms with Crippen molar-refractivity contribution in [2.75, 3.05) is 5.32 Å². The highest BCUT2D eigenvalue weighted by Crippen LogP contribution is 2.40. The van der Waals surface area contributed by atoms with E-state index in [2.05, 4.69) is 21.2 Å². The topological polar surface area (TPSA) is 46.2 Å². The van der Waals surface area contributed by atoms with Gasteiger partial charge in [0.15, 0.2) is 0 Å². The van der Waals surface area contributed by atoms with Crippen LogP contribution in [0.2, 0.25) is 0 Å². The number of fused-ring (bicyclic) bond motifs is 1. The van der Waals surface area contributed by atoms with Crippen molar-refractivity contribution in [1.82, 2.24) is 0 Å². The molecule has 0 unspecified atom stereocenters. The van der Waals surface area contributed by atoms with Crippen molar-refractivity contribution in [3.8, 4) is 0 Å². The van der Waals surface area contributed by atoms with E-state index < -0.39 is 11.7 Å². The molecule has 5 heteroatoms. The maximum absolute atomic E-state index is 11.6. The molecule has 2 aliphatic rings. The number of ketones is 1. The lowest BCUT2D eigenvalue weighted by Gasteiger charge is -2.21. The van der Waals surface area contributed by atoms with E-state index in [1.54, 1.807) is 6.07 Å². The molecular weight excluding hydrogens is 326 g/mol. The van der Waals surface area contributed by atoms with Gasteiger partial charge >= 0.3 is 0 Å². The molecule has 1 aromatic rings. The van der Waals surface area contributed by atoms with Gasteiger partial charge in [-0.25, -0.2) is 0 Å². The minimum atomic E-state index is -0.526. The largest absolute Gasteiger partial charge is 0.318 e. The molecule has 100 valence electrons. The maximum atomic E-state index is 11.6. The first-order chi connectivity index (χ1) is 9.15. The van der Waals surface area contributed by atoms with Crippen molar-refractivity contribution in [1.29, 1.82) is 0 Å². The molecule has 1 saturated carbocycles. The van der Waals surface area contributed by atoms with E-state index in [0.717, 1.165) is 9.37 Å². The highest BCUT2D eigenvalue weighted by atomic mass is 79.9. The Kier molecular flexibility index (Phi) is 3.67. The molecule has 1 heterocycles. The van der Waals surface area contributed by atoms with Gasteiger partial charge in [0.25, 0.3) is 11.7 Å². The van der Waals surface area contributed by atoms with Gasteiger partial charge in [-0.15, -0.1) is 11.8 Å². The number of thioether (sulfide) groups is 1. The van der Waals surface area contributed by atoms with Crippen LogP contribution in [0.25, 0.3) is 0 Å². The number of anilines is 1. The molecule has 3 rings (SSSR count). The number of amides is 1. The standard InChI is InChI=1S/C14H14BrNO2S/c15-10-6-9-11(16-14(18)13(9)17)7-12(10)19-8-4-2-1-3-5-8/h6-8H,1-5H2,(H,16,17,18). The minimum Gasteiger partial charge on any atom is -0.318 e. The van der Waals surface area contributed by atoms with Gasteiger partial charge in [-0.3, -0.25) is 9.59 Å². The number of halogens is 1. The molecule has 1 N–H and O–H groups in total. The second-order valence-electron chi connectivity index (χ2n) is 4.99. The van der Waals surface area contributed by atoms with Crippen LogP contribution in [0, 0.1) is 0 Å². The molecule has 0 bridgehead atoms. The molecule has 1 aliphatic carbocycles.